The minimum atomic E-state index is -0.913. The van der Waals surface area contributed by atoms with Crippen molar-refractivity contribution in [2.45, 2.75) is 16.7 Å². The molecule has 1 atom stereocenters. The SMILES string of the molecule is COC(=O)C(C)(N)CSc1cccs1. The molecule has 0 amide bonds. The van der Waals surface area contributed by atoms with E-state index in [1.807, 2.05) is 17.5 Å². The molecule has 0 aliphatic carbocycles. The average Bonchev–Trinajstić information content (AvgIpc) is 2.66. The van der Waals surface area contributed by atoms with E-state index in [9.17, 15) is 4.79 Å². The zero-order valence-corrected chi connectivity index (χ0v) is 9.78. The van der Waals surface area contributed by atoms with Gasteiger partial charge in [0, 0.05) is 5.75 Å². The largest absolute Gasteiger partial charge is 0.468 e. The first-order valence-corrected chi connectivity index (χ1v) is 5.96. The molecule has 1 aromatic heterocycles. The van der Waals surface area contributed by atoms with Crippen molar-refractivity contribution in [2.24, 2.45) is 5.73 Å². The minimum absolute atomic E-state index is 0.374. The lowest BCUT2D eigenvalue weighted by Crippen LogP contribution is -2.48. The Balaban J connectivity index is 2.48. The second-order valence-electron chi connectivity index (χ2n) is 3.13. The van der Waals surface area contributed by atoms with Crippen molar-refractivity contribution in [3.63, 3.8) is 0 Å². The van der Waals surface area contributed by atoms with Gasteiger partial charge in [0.05, 0.1) is 11.3 Å². The molecule has 5 heteroatoms. The van der Waals surface area contributed by atoms with Crippen molar-refractivity contribution in [3.05, 3.63) is 17.5 Å². The van der Waals surface area contributed by atoms with Crippen LogP contribution in [0, 0.1) is 0 Å². The number of methoxy groups -OCH3 is 1. The highest BCUT2D eigenvalue weighted by atomic mass is 32.2. The van der Waals surface area contributed by atoms with E-state index in [0.717, 1.165) is 4.21 Å². The maximum Gasteiger partial charge on any atom is 0.326 e. The smallest absolute Gasteiger partial charge is 0.326 e. The molecule has 1 heterocycles. The normalized spacial score (nSPS) is 14.8. The van der Waals surface area contributed by atoms with Gasteiger partial charge in [0.25, 0.3) is 0 Å². The van der Waals surface area contributed by atoms with Crippen LogP contribution in [0.5, 0.6) is 0 Å². The average molecular weight is 231 g/mol. The molecule has 78 valence electrons. The predicted octanol–water partition coefficient (Wildman–Crippen LogP) is 1.73. The molecule has 0 aromatic carbocycles. The molecule has 0 aliphatic rings. The van der Waals surface area contributed by atoms with Gasteiger partial charge in [-0.1, -0.05) is 6.07 Å². The van der Waals surface area contributed by atoms with Gasteiger partial charge >= 0.3 is 5.97 Å². The van der Waals surface area contributed by atoms with Crippen LogP contribution in [-0.4, -0.2) is 24.4 Å². The number of rotatable bonds is 4. The quantitative estimate of drug-likeness (QED) is 0.633. The molecular formula is C9H13NO2S2. The zero-order chi connectivity index (χ0) is 10.6. The van der Waals surface area contributed by atoms with Crippen molar-refractivity contribution in [3.8, 4) is 0 Å². The molecule has 0 saturated heterocycles. The third-order valence-electron chi connectivity index (χ3n) is 1.66. The molecule has 3 nitrogen and oxygen atoms in total. The van der Waals surface area contributed by atoms with Gasteiger partial charge < -0.3 is 10.5 Å². The summed E-state index contributed by atoms with van der Waals surface area (Å²) in [6.07, 6.45) is 0. The van der Waals surface area contributed by atoms with E-state index >= 15 is 0 Å². The van der Waals surface area contributed by atoms with Crippen LogP contribution in [0.1, 0.15) is 6.92 Å². The van der Waals surface area contributed by atoms with Gasteiger partial charge in [0.2, 0.25) is 0 Å². The standard InChI is InChI=1S/C9H13NO2S2/c1-9(10,8(11)12-2)6-14-7-4-3-5-13-7/h3-5H,6,10H2,1-2H3. The van der Waals surface area contributed by atoms with Gasteiger partial charge in [-0.2, -0.15) is 0 Å². The molecule has 0 radical (unpaired) electrons. The molecule has 0 aliphatic heterocycles. The van der Waals surface area contributed by atoms with Crippen LogP contribution >= 0.6 is 23.1 Å². The van der Waals surface area contributed by atoms with Gasteiger partial charge in [0.15, 0.2) is 0 Å². The maximum absolute atomic E-state index is 11.2. The summed E-state index contributed by atoms with van der Waals surface area (Å²) in [5, 5.41) is 1.99. The molecule has 1 aromatic rings. The second kappa shape index (κ2) is 4.82. The number of hydrogen-bond donors (Lipinski definition) is 1. The Hall–Kier alpha value is -0.520. The second-order valence-corrected chi connectivity index (χ2v) is 5.35. The fourth-order valence-electron chi connectivity index (χ4n) is 0.859. The van der Waals surface area contributed by atoms with Crippen molar-refractivity contribution < 1.29 is 9.53 Å². The molecular weight excluding hydrogens is 218 g/mol. The molecule has 0 spiro atoms. The summed E-state index contributed by atoms with van der Waals surface area (Å²) in [6, 6.07) is 3.97. The van der Waals surface area contributed by atoms with E-state index in [2.05, 4.69) is 4.74 Å². The summed E-state index contributed by atoms with van der Waals surface area (Å²) in [4.78, 5) is 11.2. The molecule has 2 N–H and O–H groups in total. The van der Waals surface area contributed by atoms with Crippen LogP contribution in [0.25, 0.3) is 0 Å². The molecule has 14 heavy (non-hydrogen) atoms. The van der Waals surface area contributed by atoms with Crippen molar-refractivity contribution in [1.29, 1.82) is 0 Å². The molecule has 1 unspecified atom stereocenters. The Labute approximate surface area is 91.6 Å². The highest BCUT2D eigenvalue weighted by Crippen LogP contribution is 2.26. The Kier molecular flexibility index (Phi) is 3.97. The molecule has 0 saturated carbocycles. The first kappa shape index (κ1) is 11.6. The molecule has 1 rings (SSSR count). The Morgan fingerprint density at radius 2 is 2.50 bits per heavy atom. The maximum atomic E-state index is 11.2. The fraction of sp³-hybridized carbons (Fsp3) is 0.444. The van der Waals surface area contributed by atoms with Crippen LogP contribution in [0.4, 0.5) is 0 Å². The number of nitrogens with two attached hydrogens (primary N) is 1. The summed E-state index contributed by atoms with van der Waals surface area (Å²) >= 11 is 3.21. The van der Waals surface area contributed by atoms with Crippen molar-refractivity contribution in [2.75, 3.05) is 12.9 Å². The summed E-state index contributed by atoms with van der Waals surface area (Å²) in [5.41, 5.74) is 4.88. The Bertz CT molecular complexity index is 296. The number of carbonyl (C=O) groups is 1. The van der Waals surface area contributed by atoms with Crippen LogP contribution in [0.3, 0.4) is 0 Å². The number of carbonyl (C=O) groups excluding carboxylic acids is 1. The number of esters is 1. The van der Waals surface area contributed by atoms with E-state index in [0.29, 0.717) is 5.75 Å². The van der Waals surface area contributed by atoms with E-state index in [4.69, 9.17) is 5.73 Å². The lowest BCUT2D eigenvalue weighted by molar-refractivity contribution is -0.145. The highest BCUT2D eigenvalue weighted by Gasteiger charge is 2.29. The summed E-state index contributed by atoms with van der Waals surface area (Å²) in [7, 11) is 1.35. The van der Waals surface area contributed by atoms with E-state index in [1.54, 1.807) is 30.0 Å². The first-order chi connectivity index (χ1) is 6.56. The number of thiophene rings is 1. The van der Waals surface area contributed by atoms with Crippen LogP contribution < -0.4 is 5.73 Å². The van der Waals surface area contributed by atoms with Crippen molar-refractivity contribution >= 4 is 29.1 Å². The number of hydrogen-bond acceptors (Lipinski definition) is 5. The first-order valence-electron chi connectivity index (χ1n) is 4.10. The zero-order valence-electron chi connectivity index (χ0n) is 8.15. The van der Waals surface area contributed by atoms with E-state index < -0.39 is 5.54 Å². The highest BCUT2D eigenvalue weighted by molar-refractivity contribution is 8.01. The topological polar surface area (TPSA) is 52.3 Å². The number of ether oxygens (including phenoxy) is 1. The summed E-state index contributed by atoms with van der Waals surface area (Å²) in [6.45, 7) is 1.68. The van der Waals surface area contributed by atoms with Gasteiger partial charge in [0.1, 0.15) is 5.54 Å². The minimum Gasteiger partial charge on any atom is -0.468 e. The lowest BCUT2D eigenvalue weighted by atomic mass is 10.1. The Morgan fingerprint density at radius 1 is 1.79 bits per heavy atom. The third kappa shape index (κ3) is 3.01. The van der Waals surface area contributed by atoms with Crippen LogP contribution in [-0.2, 0) is 9.53 Å². The fourth-order valence-corrected chi connectivity index (χ4v) is 2.66. The third-order valence-corrected chi connectivity index (χ3v) is 4.13. The Morgan fingerprint density at radius 3 is 3.00 bits per heavy atom. The van der Waals surface area contributed by atoms with Crippen LogP contribution in [0.2, 0.25) is 0 Å². The van der Waals surface area contributed by atoms with Crippen molar-refractivity contribution in [1.82, 2.24) is 0 Å². The number of thioether (sulfide) groups is 1. The monoisotopic (exact) mass is 231 g/mol. The van der Waals surface area contributed by atoms with Crippen LogP contribution in [0.15, 0.2) is 21.7 Å². The summed E-state index contributed by atoms with van der Waals surface area (Å²) < 4.78 is 5.77. The van der Waals surface area contributed by atoms with E-state index in [-0.39, 0.29) is 5.97 Å². The molecule has 0 fully saturated rings. The molecule has 0 bridgehead atoms. The van der Waals surface area contributed by atoms with Gasteiger partial charge in [-0.15, -0.1) is 23.1 Å². The van der Waals surface area contributed by atoms with E-state index in [1.165, 1.54) is 7.11 Å². The van der Waals surface area contributed by atoms with Gasteiger partial charge in [-0.25, -0.2) is 0 Å². The predicted molar refractivity (Wildman–Crippen MR) is 59.7 cm³/mol. The van der Waals surface area contributed by atoms with Gasteiger partial charge in [-0.05, 0) is 18.4 Å². The summed E-state index contributed by atoms with van der Waals surface area (Å²) in [5.74, 6) is 0.154. The van der Waals surface area contributed by atoms with Gasteiger partial charge in [-0.3, -0.25) is 4.79 Å². The lowest BCUT2D eigenvalue weighted by Gasteiger charge is -2.20.